The summed E-state index contributed by atoms with van der Waals surface area (Å²) in [5, 5.41) is 22.2. The topological polar surface area (TPSA) is 142 Å². The summed E-state index contributed by atoms with van der Waals surface area (Å²) < 4.78 is 57.7. The monoisotopic (exact) mass is 623 g/mol. The number of amides is 2. The summed E-state index contributed by atoms with van der Waals surface area (Å²) in [7, 11) is 4.24. The second-order valence-corrected chi connectivity index (χ2v) is 10.5. The number of anilines is 1. The van der Waals surface area contributed by atoms with E-state index in [1.54, 1.807) is 6.92 Å². The molecule has 2 aromatic heterocycles. The van der Waals surface area contributed by atoms with Gasteiger partial charge in [-0.15, -0.1) is 20.4 Å². The van der Waals surface area contributed by atoms with Crippen molar-refractivity contribution in [2.45, 2.75) is 24.8 Å². The maximum absolute atomic E-state index is 13.5. The SMILES string of the molecule is COc1cc(C(=O)NCc2nnc(SCC(=O)Nc3nnc(C)s3)n2-c2cccc(C(F)(F)F)c2)cc(OC)c1OC. The first-order chi connectivity index (χ1) is 20.0. The van der Waals surface area contributed by atoms with Gasteiger partial charge in [0.2, 0.25) is 16.8 Å². The Kier molecular flexibility index (Phi) is 9.52. The lowest BCUT2D eigenvalue weighted by Crippen LogP contribution is -2.25. The third-order valence-corrected chi connectivity index (χ3v) is 7.25. The molecular formula is C25H24F3N7O5S2. The zero-order chi connectivity index (χ0) is 30.4. The largest absolute Gasteiger partial charge is 0.493 e. The predicted octanol–water partition coefficient (Wildman–Crippen LogP) is 4.13. The minimum Gasteiger partial charge on any atom is -0.493 e. The first-order valence-corrected chi connectivity index (χ1v) is 13.8. The van der Waals surface area contributed by atoms with Gasteiger partial charge in [0.1, 0.15) is 5.01 Å². The van der Waals surface area contributed by atoms with Crippen LogP contribution >= 0.6 is 23.1 Å². The molecule has 0 aliphatic rings. The minimum absolute atomic E-state index is 0.0921. The van der Waals surface area contributed by atoms with Gasteiger partial charge in [-0.1, -0.05) is 29.2 Å². The molecule has 0 aliphatic heterocycles. The van der Waals surface area contributed by atoms with Gasteiger partial charge in [-0.25, -0.2) is 0 Å². The number of benzene rings is 2. The van der Waals surface area contributed by atoms with Crippen molar-refractivity contribution < 1.29 is 37.0 Å². The van der Waals surface area contributed by atoms with E-state index in [1.807, 2.05) is 0 Å². The van der Waals surface area contributed by atoms with Crippen LogP contribution in [0.1, 0.15) is 26.8 Å². The lowest BCUT2D eigenvalue weighted by Gasteiger charge is -2.15. The molecule has 2 aromatic carbocycles. The van der Waals surface area contributed by atoms with Crippen LogP contribution in [0.4, 0.5) is 18.3 Å². The fourth-order valence-corrected chi connectivity index (χ4v) is 5.07. The van der Waals surface area contributed by atoms with Crippen LogP contribution in [0.2, 0.25) is 0 Å². The van der Waals surface area contributed by atoms with Crippen molar-refractivity contribution in [3.8, 4) is 22.9 Å². The first-order valence-electron chi connectivity index (χ1n) is 12.0. The molecule has 17 heteroatoms. The summed E-state index contributed by atoms with van der Waals surface area (Å²) in [6.45, 7) is 1.52. The van der Waals surface area contributed by atoms with Crippen LogP contribution in [-0.4, -0.2) is 63.9 Å². The van der Waals surface area contributed by atoms with Crippen molar-refractivity contribution in [3.05, 3.63) is 58.4 Å². The van der Waals surface area contributed by atoms with E-state index in [1.165, 1.54) is 61.5 Å². The van der Waals surface area contributed by atoms with Crippen LogP contribution in [-0.2, 0) is 17.5 Å². The van der Waals surface area contributed by atoms with Crippen molar-refractivity contribution >= 4 is 40.0 Å². The summed E-state index contributed by atoms with van der Waals surface area (Å²) in [5.74, 6) is -0.177. The van der Waals surface area contributed by atoms with E-state index >= 15 is 0 Å². The summed E-state index contributed by atoms with van der Waals surface area (Å²) in [6.07, 6.45) is -4.60. The molecule has 4 aromatic rings. The lowest BCUT2D eigenvalue weighted by atomic mass is 10.1. The molecule has 0 bridgehead atoms. The zero-order valence-electron chi connectivity index (χ0n) is 22.6. The smallest absolute Gasteiger partial charge is 0.416 e. The van der Waals surface area contributed by atoms with E-state index in [4.69, 9.17) is 14.2 Å². The van der Waals surface area contributed by atoms with Crippen LogP contribution in [0.15, 0.2) is 41.6 Å². The van der Waals surface area contributed by atoms with Crippen LogP contribution in [0, 0.1) is 6.92 Å². The second-order valence-electron chi connectivity index (χ2n) is 8.34. The van der Waals surface area contributed by atoms with Crippen LogP contribution < -0.4 is 24.8 Å². The number of methoxy groups -OCH3 is 3. The van der Waals surface area contributed by atoms with Crippen molar-refractivity contribution in [3.63, 3.8) is 0 Å². The van der Waals surface area contributed by atoms with Gasteiger partial charge >= 0.3 is 6.18 Å². The van der Waals surface area contributed by atoms with Gasteiger partial charge < -0.3 is 19.5 Å². The van der Waals surface area contributed by atoms with Gasteiger partial charge in [0.15, 0.2) is 22.5 Å². The molecule has 0 saturated carbocycles. The molecule has 0 atom stereocenters. The Morgan fingerprint density at radius 2 is 1.71 bits per heavy atom. The van der Waals surface area contributed by atoms with Crippen LogP contribution in [0.3, 0.4) is 0 Å². The Hall–Kier alpha value is -4.38. The summed E-state index contributed by atoms with van der Waals surface area (Å²) >= 11 is 2.14. The van der Waals surface area contributed by atoms with Gasteiger partial charge in [-0.2, -0.15) is 13.2 Å². The Morgan fingerprint density at radius 3 is 2.31 bits per heavy atom. The van der Waals surface area contributed by atoms with Crippen molar-refractivity contribution in [1.82, 2.24) is 30.3 Å². The number of thioether (sulfide) groups is 1. The molecule has 4 rings (SSSR count). The number of carbonyl (C=O) groups excluding carboxylic acids is 2. The highest BCUT2D eigenvalue weighted by Crippen LogP contribution is 2.38. The number of alkyl halides is 3. The predicted molar refractivity (Wildman–Crippen MR) is 148 cm³/mol. The van der Waals surface area contributed by atoms with Crippen molar-refractivity contribution in [1.29, 1.82) is 0 Å². The number of aryl methyl sites for hydroxylation is 1. The van der Waals surface area contributed by atoms with Gasteiger partial charge in [-0.3, -0.25) is 19.5 Å². The number of aromatic nitrogens is 5. The van der Waals surface area contributed by atoms with E-state index in [-0.39, 0.29) is 46.0 Å². The summed E-state index contributed by atoms with van der Waals surface area (Å²) in [6, 6.07) is 7.46. The zero-order valence-corrected chi connectivity index (χ0v) is 24.2. The first kappa shape index (κ1) is 30.6. The highest BCUT2D eigenvalue weighted by atomic mass is 32.2. The third-order valence-electron chi connectivity index (χ3n) is 5.57. The summed E-state index contributed by atoms with van der Waals surface area (Å²) in [5.41, 5.74) is -0.622. The average Bonchev–Trinajstić information content (AvgIpc) is 3.58. The molecule has 0 radical (unpaired) electrons. The van der Waals surface area contributed by atoms with Crippen molar-refractivity contribution in [2.75, 3.05) is 32.4 Å². The molecule has 12 nitrogen and oxygen atoms in total. The quantitative estimate of drug-likeness (QED) is 0.234. The number of carbonyl (C=O) groups is 2. The average molecular weight is 624 g/mol. The highest BCUT2D eigenvalue weighted by Gasteiger charge is 2.31. The Morgan fingerprint density at radius 1 is 1.00 bits per heavy atom. The molecule has 42 heavy (non-hydrogen) atoms. The Labute approximate surface area is 245 Å². The van der Waals surface area contributed by atoms with E-state index in [0.29, 0.717) is 15.9 Å². The molecule has 2 amide bonds. The lowest BCUT2D eigenvalue weighted by molar-refractivity contribution is -0.137. The number of halogens is 3. The maximum atomic E-state index is 13.5. The minimum atomic E-state index is -4.60. The standard InChI is InChI=1S/C25H24F3N7O5S2/c1-13-31-33-23(42-13)30-20(36)12-41-24-34-32-19(35(24)16-7-5-6-15(10-16)25(26,27)28)11-29-22(37)14-8-17(38-2)21(40-4)18(9-14)39-3/h5-10H,11-12H2,1-4H3,(H,29,37)(H,30,33,36). The van der Waals surface area contributed by atoms with Gasteiger partial charge in [0, 0.05) is 5.56 Å². The molecular weight excluding hydrogens is 599 g/mol. The molecule has 2 N–H and O–H groups in total. The number of rotatable bonds is 11. The fourth-order valence-electron chi connectivity index (χ4n) is 3.70. The molecule has 0 saturated heterocycles. The maximum Gasteiger partial charge on any atom is 0.416 e. The Balaban J connectivity index is 1.60. The highest BCUT2D eigenvalue weighted by molar-refractivity contribution is 7.99. The molecule has 222 valence electrons. The number of nitrogens with one attached hydrogen (secondary N) is 2. The molecule has 0 unspecified atom stereocenters. The molecule has 0 fully saturated rings. The number of nitrogens with zero attached hydrogens (tertiary/aromatic N) is 5. The van der Waals surface area contributed by atoms with E-state index in [2.05, 4.69) is 31.0 Å². The number of hydrogen-bond acceptors (Lipinski definition) is 11. The van der Waals surface area contributed by atoms with E-state index in [9.17, 15) is 22.8 Å². The third kappa shape index (κ3) is 7.09. The summed E-state index contributed by atoms with van der Waals surface area (Å²) in [4.78, 5) is 25.5. The van der Waals surface area contributed by atoms with Crippen molar-refractivity contribution in [2.24, 2.45) is 0 Å². The normalized spacial score (nSPS) is 11.2. The van der Waals surface area contributed by atoms with Gasteiger partial charge in [0.05, 0.1) is 44.9 Å². The number of hydrogen-bond donors (Lipinski definition) is 2. The Bertz CT molecular complexity index is 1570. The number of ether oxygens (including phenoxy) is 3. The fraction of sp³-hybridized carbons (Fsp3) is 0.280. The molecule has 0 aliphatic carbocycles. The molecule has 2 heterocycles. The molecule has 0 spiro atoms. The van der Waals surface area contributed by atoms with E-state index in [0.717, 1.165) is 23.9 Å². The van der Waals surface area contributed by atoms with Gasteiger partial charge in [-0.05, 0) is 37.3 Å². The van der Waals surface area contributed by atoms with Gasteiger partial charge in [0.25, 0.3) is 5.91 Å². The second kappa shape index (κ2) is 13.1. The van der Waals surface area contributed by atoms with E-state index < -0.39 is 23.6 Å². The van der Waals surface area contributed by atoms with Crippen LogP contribution in [0.5, 0.6) is 17.2 Å². The van der Waals surface area contributed by atoms with Crippen LogP contribution in [0.25, 0.3) is 5.69 Å².